The minimum absolute atomic E-state index is 0.0245. The number of nitrogens with two attached hydrogens (primary N) is 2. The standard InChI is InChI=1S/C30H35N7O6S/c1-6-42-25-14-19(13-24-17(2)16-43-27(24)25)26(30(39)36-44(40,41)37(4)5)34-22-9-7-18(8-10-22)28(32)35-29(38)20-11-21(31)15-23(12-20)33-3/h7-16,26,33-34H,6,31H2,1-5H3,(H,36,39)(H2,32,35,38). The van der Waals surface area contributed by atoms with Crippen LogP contribution in [0.1, 0.15) is 40.0 Å². The number of aliphatic imine (C=N–C) groups is 1. The van der Waals surface area contributed by atoms with E-state index in [1.807, 2.05) is 13.8 Å². The lowest BCUT2D eigenvalue weighted by molar-refractivity contribution is -0.120. The number of carbonyl (C=O) groups excluding carboxylic acids is 2. The number of carbonyl (C=O) groups is 2. The van der Waals surface area contributed by atoms with E-state index in [0.717, 1.165) is 9.87 Å². The van der Waals surface area contributed by atoms with Crippen molar-refractivity contribution < 1.29 is 27.2 Å². The van der Waals surface area contributed by atoms with Gasteiger partial charge in [0.1, 0.15) is 11.9 Å². The number of amides is 2. The first-order chi connectivity index (χ1) is 20.8. The maximum Gasteiger partial charge on any atom is 0.303 e. The van der Waals surface area contributed by atoms with Gasteiger partial charge < -0.3 is 31.3 Å². The zero-order valence-electron chi connectivity index (χ0n) is 25.0. The highest BCUT2D eigenvalue weighted by Crippen LogP contribution is 2.34. The van der Waals surface area contributed by atoms with Gasteiger partial charge in [0.05, 0.1) is 12.9 Å². The van der Waals surface area contributed by atoms with Crippen LogP contribution >= 0.6 is 0 Å². The Labute approximate surface area is 255 Å². The van der Waals surface area contributed by atoms with Gasteiger partial charge in [-0.1, -0.05) is 0 Å². The summed E-state index contributed by atoms with van der Waals surface area (Å²) in [7, 11) is 0.241. The number of amidine groups is 1. The van der Waals surface area contributed by atoms with Crippen LogP contribution < -0.4 is 31.6 Å². The zero-order valence-corrected chi connectivity index (χ0v) is 25.8. The first kappa shape index (κ1) is 31.8. The van der Waals surface area contributed by atoms with Crippen molar-refractivity contribution in [2.75, 3.05) is 44.1 Å². The first-order valence-electron chi connectivity index (χ1n) is 13.5. The number of hydrogen-bond donors (Lipinski definition) is 5. The predicted molar refractivity (Wildman–Crippen MR) is 171 cm³/mol. The highest BCUT2D eigenvalue weighted by molar-refractivity contribution is 7.87. The quantitative estimate of drug-likeness (QED) is 0.0941. The van der Waals surface area contributed by atoms with Gasteiger partial charge in [-0.25, -0.2) is 4.72 Å². The monoisotopic (exact) mass is 621 g/mol. The molecule has 7 N–H and O–H groups in total. The van der Waals surface area contributed by atoms with E-state index in [2.05, 4.69) is 20.3 Å². The van der Waals surface area contributed by atoms with E-state index in [0.29, 0.717) is 51.5 Å². The highest BCUT2D eigenvalue weighted by Gasteiger charge is 2.28. The smallest absolute Gasteiger partial charge is 0.303 e. The maximum absolute atomic E-state index is 13.5. The second-order valence-corrected chi connectivity index (χ2v) is 11.9. The molecule has 0 radical (unpaired) electrons. The maximum atomic E-state index is 13.5. The van der Waals surface area contributed by atoms with E-state index in [1.165, 1.54) is 20.2 Å². The minimum atomic E-state index is -4.09. The molecule has 13 nitrogen and oxygen atoms in total. The summed E-state index contributed by atoms with van der Waals surface area (Å²) in [5.74, 6) is -0.999. The van der Waals surface area contributed by atoms with Crippen LogP contribution in [0, 0.1) is 6.92 Å². The number of nitrogens with zero attached hydrogens (tertiary/aromatic N) is 2. The molecular formula is C30H35N7O6S. The summed E-state index contributed by atoms with van der Waals surface area (Å²) in [6.07, 6.45) is 1.58. The molecule has 0 saturated heterocycles. The Morgan fingerprint density at radius 2 is 1.75 bits per heavy atom. The summed E-state index contributed by atoms with van der Waals surface area (Å²) in [6, 6.07) is 13.5. The Bertz CT molecular complexity index is 1830. The number of nitrogen functional groups attached to an aromatic ring is 1. The van der Waals surface area contributed by atoms with Crippen LogP contribution in [0.3, 0.4) is 0 Å². The fourth-order valence-electron chi connectivity index (χ4n) is 4.32. The molecule has 0 spiro atoms. The summed E-state index contributed by atoms with van der Waals surface area (Å²) in [6.45, 7) is 4.02. The minimum Gasteiger partial charge on any atom is -0.490 e. The van der Waals surface area contributed by atoms with Crippen LogP contribution in [-0.2, 0) is 15.0 Å². The number of aryl methyl sites for hydroxylation is 1. The van der Waals surface area contributed by atoms with Gasteiger partial charge in [-0.05, 0) is 79.6 Å². The molecule has 3 aromatic carbocycles. The van der Waals surface area contributed by atoms with Crippen LogP contribution in [0.4, 0.5) is 17.1 Å². The van der Waals surface area contributed by atoms with Crippen molar-refractivity contribution >= 4 is 55.9 Å². The second-order valence-electron chi connectivity index (χ2n) is 10.1. The molecule has 0 saturated carbocycles. The Morgan fingerprint density at radius 1 is 1.05 bits per heavy atom. The van der Waals surface area contributed by atoms with Gasteiger partial charge >= 0.3 is 10.2 Å². The normalized spacial score (nSPS) is 12.6. The molecule has 14 heteroatoms. The molecule has 0 bridgehead atoms. The summed E-state index contributed by atoms with van der Waals surface area (Å²) >= 11 is 0. The average Bonchev–Trinajstić information content (AvgIpc) is 3.36. The Kier molecular flexibility index (Phi) is 9.45. The van der Waals surface area contributed by atoms with Gasteiger partial charge in [-0.3, -0.25) is 9.59 Å². The fraction of sp³-hybridized carbons (Fsp3) is 0.233. The van der Waals surface area contributed by atoms with Crippen LogP contribution in [0.2, 0.25) is 0 Å². The number of furan rings is 1. The number of rotatable bonds is 11. The number of hydrogen-bond acceptors (Lipinski definition) is 9. The molecule has 1 atom stereocenters. The zero-order chi connectivity index (χ0) is 32.2. The van der Waals surface area contributed by atoms with Crippen LogP contribution in [-0.4, -0.2) is 58.1 Å². The van der Waals surface area contributed by atoms with Gasteiger partial charge in [-0.2, -0.15) is 17.7 Å². The summed E-state index contributed by atoms with van der Waals surface area (Å²) < 4.78 is 39.5. The molecule has 1 aromatic heterocycles. The van der Waals surface area contributed by atoms with Gasteiger partial charge in [-0.15, -0.1) is 0 Å². The second kappa shape index (κ2) is 13.1. The van der Waals surface area contributed by atoms with E-state index >= 15 is 0 Å². The number of fused-ring (bicyclic) bond motifs is 1. The number of benzene rings is 3. The third kappa shape index (κ3) is 7.10. The molecule has 0 aliphatic rings. The van der Waals surface area contributed by atoms with Gasteiger partial charge in [0.15, 0.2) is 11.3 Å². The average molecular weight is 622 g/mol. The third-order valence-electron chi connectivity index (χ3n) is 6.67. The van der Waals surface area contributed by atoms with Gasteiger partial charge in [0.2, 0.25) is 0 Å². The van der Waals surface area contributed by atoms with E-state index in [1.54, 1.807) is 61.8 Å². The molecule has 2 amide bonds. The highest BCUT2D eigenvalue weighted by atomic mass is 32.2. The van der Waals surface area contributed by atoms with Gasteiger partial charge in [0.25, 0.3) is 11.8 Å². The predicted octanol–water partition coefficient (Wildman–Crippen LogP) is 3.39. The Morgan fingerprint density at radius 3 is 2.39 bits per heavy atom. The summed E-state index contributed by atoms with van der Waals surface area (Å²) in [5.41, 5.74) is 16.0. The molecule has 44 heavy (non-hydrogen) atoms. The Balaban J connectivity index is 1.66. The number of anilines is 3. The SMILES string of the molecule is CCOc1cc(C(Nc2ccc(C(N)=NC(=O)c3cc(N)cc(NC)c3)cc2)C(=O)NS(=O)(=O)N(C)C)cc2c(C)coc12. The van der Waals surface area contributed by atoms with Crippen molar-refractivity contribution in [3.8, 4) is 5.75 Å². The van der Waals surface area contributed by atoms with Crippen LogP contribution in [0.5, 0.6) is 5.75 Å². The summed E-state index contributed by atoms with van der Waals surface area (Å²) in [4.78, 5) is 30.2. The number of ether oxygens (including phenoxy) is 1. The van der Waals surface area contributed by atoms with Crippen LogP contribution in [0.15, 0.2) is 70.3 Å². The summed E-state index contributed by atoms with van der Waals surface area (Å²) in [5, 5.41) is 6.75. The number of nitrogens with one attached hydrogen (secondary N) is 3. The van der Waals surface area contributed by atoms with E-state index < -0.39 is 28.1 Å². The van der Waals surface area contributed by atoms with Crippen molar-refractivity contribution in [2.45, 2.75) is 19.9 Å². The molecule has 1 unspecified atom stereocenters. The van der Waals surface area contributed by atoms with Crippen molar-refractivity contribution in [1.29, 1.82) is 0 Å². The van der Waals surface area contributed by atoms with E-state index in [4.69, 9.17) is 20.6 Å². The molecule has 232 valence electrons. The lowest BCUT2D eigenvalue weighted by Crippen LogP contribution is -2.43. The fourth-order valence-corrected chi connectivity index (χ4v) is 4.87. The molecule has 0 fully saturated rings. The molecular weight excluding hydrogens is 586 g/mol. The molecule has 4 rings (SSSR count). The molecule has 4 aromatic rings. The first-order valence-corrected chi connectivity index (χ1v) is 15.0. The third-order valence-corrected chi connectivity index (χ3v) is 8.09. The van der Waals surface area contributed by atoms with Crippen molar-refractivity contribution in [2.24, 2.45) is 10.7 Å². The van der Waals surface area contributed by atoms with Crippen molar-refractivity contribution in [3.63, 3.8) is 0 Å². The lowest BCUT2D eigenvalue weighted by Gasteiger charge is -2.22. The topological polar surface area (TPSA) is 194 Å². The Hall–Kier alpha value is -5.08. The van der Waals surface area contributed by atoms with E-state index in [-0.39, 0.29) is 11.4 Å². The lowest BCUT2D eigenvalue weighted by atomic mass is 10.0. The molecule has 1 heterocycles. The molecule has 0 aliphatic carbocycles. The van der Waals surface area contributed by atoms with E-state index in [9.17, 15) is 18.0 Å². The van der Waals surface area contributed by atoms with Crippen LogP contribution in [0.25, 0.3) is 11.0 Å². The van der Waals surface area contributed by atoms with Gasteiger partial charge in [0, 0.05) is 54.7 Å². The molecule has 0 aliphatic heterocycles. The van der Waals surface area contributed by atoms with Crippen molar-refractivity contribution in [1.82, 2.24) is 9.03 Å². The largest absolute Gasteiger partial charge is 0.490 e. The van der Waals surface area contributed by atoms with Crippen molar-refractivity contribution in [3.05, 3.63) is 83.1 Å².